The van der Waals surface area contributed by atoms with Crippen molar-refractivity contribution in [2.24, 2.45) is 0 Å². The van der Waals surface area contributed by atoms with E-state index < -0.39 is 17.6 Å². The third kappa shape index (κ3) is 3.41. The molecule has 0 unspecified atom stereocenters. The van der Waals surface area contributed by atoms with E-state index in [1.54, 1.807) is 6.07 Å². The highest BCUT2D eigenvalue weighted by atomic mass is 35.5. The number of benzene rings is 1. The van der Waals surface area contributed by atoms with Gasteiger partial charge in [0.1, 0.15) is 11.6 Å². The van der Waals surface area contributed by atoms with Crippen molar-refractivity contribution in [3.63, 3.8) is 0 Å². The van der Waals surface area contributed by atoms with Crippen molar-refractivity contribution in [1.82, 2.24) is 0 Å². The molecule has 19 heavy (non-hydrogen) atoms. The number of rotatable bonds is 3. The number of furan rings is 1. The SMILES string of the molecule is Fc1ccc(C(F)(F)F)cc1NCc1ccc(Cl)o1. The van der Waals surface area contributed by atoms with Gasteiger partial charge in [0.2, 0.25) is 0 Å². The van der Waals surface area contributed by atoms with Crippen molar-refractivity contribution < 1.29 is 22.0 Å². The normalized spacial score (nSPS) is 11.6. The Labute approximate surface area is 111 Å². The molecule has 1 N–H and O–H groups in total. The molecule has 0 spiro atoms. The maximum absolute atomic E-state index is 13.4. The van der Waals surface area contributed by atoms with E-state index in [0.717, 1.165) is 6.07 Å². The molecular formula is C12H8ClF4NO. The molecule has 2 nitrogen and oxygen atoms in total. The van der Waals surface area contributed by atoms with Crippen molar-refractivity contribution in [2.75, 3.05) is 5.32 Å². The van der Waals surface area contributed by atoms with E-state index >= 15 is 0 Å². The lowest BCUT2D eigenvalue weighted by molar-refractivity contribution is -0.137. The average Bonchev–Trinajstić information content (AvgIpc) is 2.72. The van der Waals surface area contributed by atoms with Crippen LogP contribution in [0.15, 0.2) is 34.7 Å². The van der Waals surface area contributed by atoms with Crippen LogP contribution in [0.1, 0.15) is 11.3 Å². The molecule has 0 aliphatic heterocycles. The first-order chi connectivity index (χ1) is 8.86. The zero-order valence-electron chi connectivity index (χ0n) is 9.39. The highest BCUT2D eigenvalue weighted by molar-refractivity contribution is 6.28. The summed E-state index contributed by atoms with van der Waals surface area (Å²) >= 11 is 5.54. The minimum Gasteiger partial charge on any atom is -0.448 e. The van der Waals surface area contributed by atoms with Crippen LogP contribution >= 0.6 is 11.6 Å². The molecule has 0 saturated heterocycles. The summed E-state index contributed by atoms with van der Waals surface area (Å²) in [4.78, 5) is 0. The quantitative estimate of drug-likeness (QED) is 0.830. The Bertz CT molecular complexity index is 579. The van der Waals surface area contributed by atoms with E-state index in [-0.39, 0.29) is 17.5 Å². The molecule has 102 valence electrons. The maximum atomic E-state index is 13.4. The highest BCUT2D eigenvalue weighted by Crippen LogP contribution is 2.32. The summed E-state index contributed by atoms with van der Waals surface area (Å²) < 4.78 is 55.8. The van der Waals surface area contributed by atoms with Gasteiger partial charge in [-0.2, -0.15) is 13.2 Å². The summed E-state index contributed by atoms with van der Waals surface area (Å²) in [5, 5.41) is 2.68. The van der Waals surface area contributed by atoms with Crippen molar-refractivity contribution in [1.29, 1.82) is 0 Å². The molecule has 1 aromatic carbocycles. The van der Waals surface area contributed by atoms with Crippen LogP contribution in [0, 0.1) is 5.82 Å². The first-order valence-electron chi connectivity index (χ1n) is 5.21. The van der Waals surface area contributed by atoms with Crippen LogP contribution in [-0.4, -0.2) is 0 Å². The van der Waals surface area contributed by atoms with Gasteiger partial charge in [0.25, 0.3) is 0 Å². The molecule has 0 fully saturated rings. The van der Waals surface area contributed by atoms with Crippen LogP contribution in [0.25, 0.3) is 0 Å². The summed E-state index contributed by atoms with van der Waals surface area (Å²) in [5.74, 6) is -0.382. The van der Waals surface area contributed by atoms with Gasteiger partial charge in [-0.15, -0.1) is 0 Å². The van der Waals surface area contributed by atoms with Gasteiger partial charge < -0.3 is 9.73 Å². The third-order valence-corrected chi connectivity index (χ3v) is 2.58. The topological polar surface area (TPSA) is 25.2 Å². The first-order valence-corrected chi connectivity index (χ1v) is 5.59. The molecule has 0 aliphatic carbocycles. The Morgan fingerprint density at radius 2 is 1.89 bits per heavy atom. The van der Waals surface area contributed by atoms with Gasteiger partial charge in [-0.1, -0.05) is 0 Å². The highest BCUT2D eigenvalue weighted by Gasteiger charge is 2.31. The summed E-state index contributed by atoms with van der Waals surface area (Å²) in [6.45, 7) is 0.0327. The van der Waals surface area contributed by atoms with Crippen LogP contribution in [-0.2, 0) is 12.7 Å². The van der Waals surface area contributed by atoms with E-state index in [9.17, 15) is 17.6 Å². The van der Waals surface area contributed by atoms with Gasteiger partial charge in [0.15, 0.2) is 5.22 Å². The molecule has 0 saturated carbocycles. The van der Waals surface area contributed by atoms with E-state index in [0.29, 0.717) is 17.9 Å². The van der Waals surface area contributed by atoms with Crippen molar-refractivity contribution in [3.05, 3.63) is 52.7 Å². The van der Waals surface area contributed by atoms with Gasteiger partial charge in [-0.25, -0.2) is 4.39 Å². The molecule has 1 aromatic heterocycles. The van der Waals surface area contributed by atoms with Crippen LogP contribution < -0.4 is 5.32 Å². The summed E-state index contributed by atoms with van der Waals surface area (Å²) in [7, 11) is 0. The number of nitrogens with one attached hydrogen (secondary N) is 1. The van der Waals surface area contributed by atoms with Gasteiger partial charge in [0, 0.05) is 0 Å². The van der Waals surface area contributed by atoms with Gasteiger partial charge in [0.05, 0.1) is 17.8 Å². The van der Waals surface area contributed by atoms with E-state index in [4.69, 9.17) is 16.0 Å². The molecule has 2 aromatic rings. The van der Waals surface area contributed by atoms with Gasteiger partial charge >= 0.3 is 6.18 Å². The van der Waals surface area contributed by atoms with E-state index in [1.807, 2.05) is 0 Å². The zero-order chi connectivity index (χ0) is 14.0. The predicted octanol–water partition coefficient (Wildman–Crippen LogP) is 4.70. The van der Waals surface area contributed by atoms with Crippen LogP contribution in [0.2, 0.25) is 5.22 Å². The lowest BCUT2D eigenvalue weighted by Crippen LogP contribution is -2.07. The van der Waals surface area contributed by atoms with Crippen LogP contribution in [0.3, 0.4) is 0 Å². The Kier molecular flexibility index (Phi) is 3.71. The molecular weight excluding hydrogens is 286 g/mol. The molecule has 0 radical (unpaired) electrons. The Balaban J connectivity index is 2.15. The smallest absolute Gasteiger partial charge is 0.416 e. The fourth-order valence-electron chi connectivity index (χ4n) is 1.47. The van der Waals surface area contributed by atoms with Gasteiger partial charge in [-0.05, 0) is 41.9 Å². The van der Waals surface area contributed by atoms with E-state index in [2.05, 4.69) is 5.32 Å². The number of alkyl halides is 3. The monoisotopic (exact) mass is 293 g/mol. The minimum absolute atomic E-state index is 0.0327. The van der Waals surface area contributed by atoms with Crippen molar-refractivity contribution >= 4 is 17.3 Å². The third-order valence-electron chi connectivity index (χ3n) is 2.38. The molecule has 0 aliphatic rings. The van der Waals surface area contributed by atoms with Crippen molar-refractivity contribution in [3.8, 4) is 0 Å². The van der Waals surface area contributed by atoms with Crippen molar-refractivity contribution in [2.45, 2.75) is 12.7 Å². The fourth-order valence-corrected chi connectivity index (χ4v) is 1.63. The molecule has 2 rings (SSSR count). The minimum atomic E-state index is -4.52. The Hall–Kier alpha value is -1.69. The fraction of sp³-hybridized carbons (Fsp3) is 0.167. The molecule has 0 amide bonds. The second-order valence-electron chi connectivity index (χ2n) is 3.75. The molecule has 0 atom stereocenters. The lowest BCUT2D eigenvalue weighted by atomic mass is 10.2. The van der Waals surface area contributed by atoms with Crippen LogP contribution in [0.5, 0.6) is 0 Å². The van der Waals surface area contributed by atoms with Gasteiger partial charge in [-0.3, -0.25) is 0 Å². The molecule has 0 bridgehead atoms. The Morgan fingerprint density at radius 1 is 1.16 bits per heavy atom. The number of halogens is 5. The largest absolute Gasteiger partial charge is 0.448 e. The lowest BCUT2D eigenvalue weighted by Gasteiger charge is -2.10. The second kappa shape index (κ2) is 5.13. The first kappa shape index (κ1) is 13.7. The number of hydrogen-bond donors (Lipinski definition) is 1. The summed E-state index contributed by atoms with van der Waals surface area (Å²) in [6.07, 6.45) is -4.52. The number of hydrogen-bond acceptors (Lipinski definition) is 2. The summed E-state index contributed by atoms with van der Waals surface area (Å²) in [5.41, 5.74) is -1.17. The average molecular weight is 294 g/mol. The maximum Gasteiger partial charge on any atom is 0.416 e. The standard InChI is InChI=1S/C12H8ClF4NO/c13-11-4-2-8(19-11)6-18-10-5-7(12(15,16)17)1-3-9(10)14/h1-5,18H,6H2. The molecule has 1 heterocycles. The van der Waals surface area contributed by atoms with E-state index in [1.165, 1.54) is 6.07 Å². The Morgan fingerprint density at radius 3 is 2.47 bits per heavy atom. The molecule has 7 heteroatoms. The predicted molar refractivity (Wildman–Crippen MR) is 62.4 cm³/mol. The number of anilines is 1. The zero-order valence-corrected chi connectivity index (χ0v) is 10.1. The summed E-state index contributed by atoms with van der Waals surface area (Å²) in [6, 6.07) is 5.19. The van der Waals surface area contributed by atoms with Crippen LogP contribution in [0.4, 0.5) is 23.2 Å². The second-order valence-corrected chi connectivity index (χ2v) is 4.12.